The summed E-state index contributed by atoms with van der Waals surface area (Å²) in [5.41, 5.74) is 1.13. The average Bonchev–Trinajstić information content (AvgIpc) is 2.43. The number of hydrogen-bond acceptors (Lipinski definition) is 2. The molecule has 0 unspecified atom stereocenters. The van der Waals surface area contributed by atoms with Gasteiger partial charge in [0.2, 0.25) is 0 Å². The smallest absolute Gasteiger partial charge is 0.199 e. The molecule has 0 bridgehead atoms. The van der Waals surface area contributed by atoms with E-state index in [9.17, 15) is 9.18 Å². The summed E-state index contributed by atoms with van der Waals surface area (Å²) in [6.07, 6.45) is 0. The van der Waals surface area contributed by atoms with Gasteiger partial charge in [-0.15, -0.1) is 0 Å². The van der Waals surface area contributed by atoms with Crippen LogP contribution in [-0.4, -0.2) is 12.9 Å². The zero-order valence-electron chi connectivity index (χ0n) is 10.8. The third-order valence-electron chi connectivity index (χ3n) is 2.92. The van der Waals surface area contributed by atoms with Crippen molar-refractivity contribution in [3.63, 3.8) is 0 Å². The second kappa shape index (κ2) is 5.94. The summed E-state index contributed by atoms with van der Waals surface area (Å²) in [6, 6.07) is 7.68. The van der Waals surface area contributed by atoms with Crippen molar-refractivity contribution in [2.75, 3.05) is 7.11 Å². The van der Waals surface area contributed by atoms with Crippen molar-refractivity contribution < 1.29 is 13.9 Å². The predicted molar refractivity (Wildman–Crippen MR) is 80.3 cm³/mol. The molecule has 2 nitrogen and oxygen atoms in total. The van der Waals surface area contributed by atoms with Crippen LogP contribution in [0.25, 0.3) is 0 Å². The minimum absolute atomic E-state index is 0.0773. The lowest BCUT2D eigenvalue weighted by atomic mass is 10.0. The number of benzene rings is 2. The Kier molecular flexibility index (Phi) is 4.45. The van der Waals surface area contributed by atoms with Gasteiger partial charge in [0.05, 0.1) is 23.3 Å². The number of halogens is 3. The van der Waals surface area contributed by atoms with Gasteiger partial charge in [0.1, 0.15) is 5.75 Å². The van der Waals surface area contributed by atoms with Crippen LogP contribution in [0.2, 0.25) is 5.02 Å². The minimum atomic E-state index is -0.724. The van der Waals surface area contributed by atoms with Gasteiger partial charge in [-0.05, 0) is 36.8 Å². The molecule has 0 aliphatic carbocycles. The quantitative estimate of drug-likeness (QED) is 0.738. The first-order chi connectivity index (χ1) is 9.45. The Balaban J connectivity index is 2.59. The number of ether oxygens (including phenoxy) is 1. The highest BCUT2D eigenvalue weighted by atomic mass is 79.9. The summed E-state index contributed by atoms with van der Waals surface area (Å²) in [6.45, 7) is 1.88. The van der Waals surface area contributed by atoms with Gasteiger partial charge in [-0.3, -0.25) is 4.79 Å². The standard InChI is InChI=1S/C15H11BrClFO2/c1-8-6-13(20-2)10(7-11(8)16)15(19)9-4-3-5-12(17)14(9)18/h3-7H,1-2H3. The highest BCUT2D eigenvalue weighted by Crippen LogP contribution is 2.30. The fourth-order valence-corrected chi connectivity index (χ4v) is 2.34. The number of rotatable bonds is 3. The molecule has 0 radical (unpaired) electrons. The Bertz CT molecular complexity index is 686. The predicted octanol–water partition coefficient (Wildman–Crippen LogP) is 4.79. The molecule has 0 aliphatic heterocycles. The maximum atomic E-state index is 13.9. The van der Waals surface area contributed by atoms with Crippen molar-refractivity contribution in [1.82, 2.24) is 0 Å². The first kappa shape index (κ1) is 15.0. The fourth-order valence-electron chi connectivity index (χ4n) is 1.83. The van der Waals surface area contributed by atoms with Crippen LogP contribution in [0.5, 0.6) is 5.75 Å². The number of methoxy groups -OCH3 is 1. The molecule has 2 aromatic rings. The van der Waals surface area contributed by atoms with Gasteiger partial charge in [-0.1, -0.05) is 33.6 Å². The Hall–Kier alpha value is -1.39. The third-order valence-corrected chi connectivity index (χ3v) is 4.07. The van der Waals surface area contributed by atoms with Gasteiger partial charge in [-0.25, -0.2) is 4.39 Å². The van der Waals surface area contributed by atoms with Crippen LogP contribution in [0.3, 0.4) is 0 Å². The number of hydrogen-bond donors (Lipinski definition) is 0. The molecule has 0 saturated carbocycles. The van der Waals surface area contributed by atoms with Crippen molar-refractivity contribution in [3.8, 4) is 5.75 Å². The molecule has 20 heavy (non-hydrogen) atoms. The lowest BCUT2D eigenvalue weighted by Gasteiger charge is -2.11. The Labute approximate surface area is 129 Å². The topological polar surface area (TPSA) is 26.3 Å². The van der Waals surface area contributed by atoms with E-state index < -0.39 is 11.6 Å². The highest BCUT2D eigenvalue weighted by molar-refractivity contribution is 9.10. The molecule has 104 valence electrons. The first-order valence-electron chi connectivity index (χ1n) is 5.78. The molecular formula is C15H11BrClFO2. The summed E-state index contributed by atoms with van der Waals surface area (Å²) >= 11 is 9.06. The molecule has 0 fully saturated rings. The molecule has 0 amide bonds. The van der Waals surface area contributed by atoms with Crippen molar-refractivity contribution in [1.29, 1.82) is 0 Å². The van der Waals surface area contributed by atoms with E-state index in [4.69, 9.17) is 16.3 Å². The maximum Gasteiger partial charge on any atom is 0.199 e. The molecule has 0 atom stereocenters. The monoisotopic (exact) mass is 356 g/mol. The number of ketones is 1. The summed E-state index contributed by atoms with van der Waals surface area (Å²) in [4.78, 5) is 12.5. The minimum Gasteiger partial charge on any atom is -0.496 e. The van der Waals surface area contributed by atoms with Gasteiger partial charge in [0.25, 0.3) is 0 Å². The van der Waals surface area contributed by atoms with Crippen molar-refractivity contribution in [3.05, 3.63) is 62.3 Å². The van der Waals surface area contributed by atoms with E-state index >= 15 is 0 Å². The van der Waals surface area contributed by atoms with Crippen LogP contribution in [0, 0.1) is 12.7 Å². The SMILES string of the molecule is COc1cc(C)c(Br)cc1C(=O)c1cccc(Cl)c1F. The maximum absolute atomic E-state index is 13.9. The van der Waals surface area contributed by atoms with E-state index in [1.54, 1.807) is 12.1 Å². The van der Waals surface area contributed by atoms with Crippen molar-refractivity contribution in [2.24, 2.45) is 0 Å². The molecule has 0 aromatic heterocycles. The molecule has 0 saturated heterocycles. The lowest BCUT2D eigenvalue weighted by molar-refractivity contribution is 0.103. The van der Waals surface area contributed by atoms with E-state index in [1.807, 2.05) is 6.92 Å². The van der Waals surface area contributed by atoms with Crippen LogP contribution in [0.4, 0.5) is 4.39 Å². The zero-order valence-corrected chi connectivity index (χ0v) is 13.2. The molecule has 0 spiro atoms. The third kappa shape index (κ3) is 2.72. The molecule has 0 N–H and O–H groups in total. The molecule has 0 aliphatic rings. The Morgan fingerprint density at radius 1 is 1.30 bits per heavy atom. The van der Waals surface area contributed by atoms with E-state index in [0.717, 1.165) is 10.0 Å². The number of carbonyl (C=O) groups is 1. The van der Waals surface area contributed by atoms with Crippen LogP contribution in [0.15, 0.2) is 34.8 Å². The van der Waals surface area contributed by atoms with Gasteiger partial charge in [0, 0.05) is 4.47 Å². The van der Waals surface area contributed by atoms with Crippen LogP contribution < -0.4 is 4.74 Å². The molecule has 2 rings (SSSR count). The fraction of sp³-hybridized carbons (Fsp3) is 0.133. The van der Waals surface area contributed by atoms with Crippen LogP contribution in [-0.2, 0) is 0 Å². The van der Waals surface area contributed by atoms with Gasteiger partial charge >= 0.3 is 0 Å². The van der Waals surface area contributed by atoms with Gasteiger partial charge < -0.3 is 4.74 Å². The second-order valence-corrected chi connectivity index (χ2v) is 5.49. The normalized spacial score (nSPS) is 10.4. The largest absolute Gasteiger partial charge is 0.496 e. The van der Waals surface area contributed by atoms with E-state index in [0.29, 0.717) is 5.75 Å². The molecular weight excluding hydrogens is 347 g/mol. The molecule has 0 heterocycles. The molecule has 2 aromatic carbocycles. The summed E-state index contributed by atoms with van der Waals surface area (Å²) in [5.74, 6) is -0.796. The van der Waals surface area contributed by atoms with Gasteiger partial charge in [-0.2, -0.15) is 0 Å². The second-order valence-electron chi connectivity index (χ2n) is 4.23. The molecule has 5 heteroatoms. The first-order valence-corrected chi connectivity index (χ1v) is 6.95. The van der Waals surface area contributed by atoms with E-state index in [2.05, 4.69) is 15.9 Å². The van der Waals surface area contributed by atoms with Crippen molar-refractivity contribution >= 4 is 33.3 Å². The highest BCUT2D eigenvalue weighted by Gasteiger charge is 2.20. The van der Waals surface area contributed by atoms with E-state index in [1.165, 1.54) is 25.3 Å². The number of carbonyl (C=O) groups excluding carboxylic acids is 1. The van der Waals surface area contributed by atoms with Crippen molar-refractivity contribution in [2.45, 2.75) is 6.92 Å². The summed E-state index contributed by atoms with van der Waals surface area (Å²) < 4.78 is 19.9. The summed E-state index contributed by atoms with van der Waals surface area (Å²) in [7, 11) is 1.47. The van der Waals surface area contributed by atoms with Gasteiger partial charge in [0.15, 0.2) is 11.6 Å². The number of aryl methyl sites for hydroxylation is 1. The van der Waals surface area contributed by atoms with E-state index in [-0.39, 0.29) is 16.1 Å². The summed E-state index contributed by atoms with van der Waals surface area (Å²) in [5, 5.41) is -0.0824. The lowest BCUT2D eigenvalue weighted by Crippen LogP contribution is -2.07. The van der Waals surface area contributed by atoms with Crippen LogP contribution >= 0.6 is 27.5 Å². The zero-order chi connectivity index (χ0) is 14.9. The Morgan fingerprint density at radius 2 is 2.00 bits per heavy atom. The average molecular weight is 358 g/mol. The Morgan fingerprint density at radius 3 is 2.65 bits per heavy atom. The van der Waals surface area contributed by atoms with Crippen LogP contribution in [0.1, 0.15) is 21.5 Å².